The van der Waals surface area contributed by atoms with Crippen LogP contribution in [0.25, 0.3) is 0 Å². The molecular weight excluding hydrogens is 152 g/mol. The minimum atomic E-state index is -1.02. The third-order valence-corrected chi connectivity index (χ3v) is 0.864. The molecule has 6 heteroatoms. The van der Waals surface area contributed by atoms with E-state index in [9.17, 15) is 4.79 Å². The van der Waals surface area contributed by atoms with Gasteiger partial charge in [0, 0.05) is 0 Å². The summed E-state index contributed by atoms with van der Waals surface area (Å²) < 4.78 is 9.04. The van der Waals surface area contributed by atoms with Crippen LogP contribution in [0.15, 0.2) is 10.9 Å². The van der Waals surface area contributed by atoms with Gasteiger partial charge in [-0.05, 0) is 0 Å². The molecule has 1 N–H and O–H groups in total. The van der Waals surface area contributed by atoms with Crippen LogP contribution < -0.4 is 0 Å². The van der Waals surface area contributed by atoms with Crippen molar-refractivity contribution in [3.8, 4) is 0 Å². The first-order valence-corrected chi connectivity index (χ1v) is 2.84. The topological polar surface area (TPSA) is 85.5 Å². The average Bonchev–Trinajstić information content (AvgIpc) is 2.39. The fourth-order valence-electron chi connectivity index (χ4n) is 0.486. The molecule has 0 radical (unpaired) electrons. The summed E-state index contributed by atoms with van der Waals surface area (Å²) in [6.07, 6.45) is 1.15. The normalized spacial score (nSPS) is 9.82. The van der Waals surface area contributed by atoms with Gasteiger partial charge in [-0.15, -0.1) is 0 Å². The van der Waals surface area contributed by atoms with Gasteiger partial charge in [-0.2, -0.15) is 4.98 Å². The van der Waals surface area contributed by atoms with Crippen LogP contribution in [0.5, 0.6) is 0 Å². The predicted octanol–water partition coefficient (Wildman–Crippen LogP) is -0.329. The number of carbonyl (C=O) groups is 1. The van der Waals surface area contributed by atoms with Gasteiger partial charge in [-0.1, -0.05) is 5.16 Å². The van der Waals surface area contributed by atoms with Gasteiger partial charge in [-0.3, -0.25) is 0 Å². The maximum atomic E-state index is 9.94. The molecule has 0 fully saturated rings. The second-order valence-corrected chi connectivity index (χ2v) is 1.73. The summed E-state index contributed by atoms with van der Waals surface area (Å²) in [5, 5.41) is 11.6. The number of aliphatic carboxylic acids is 1. The molecule has 0 unspecified atom stereocenters. The summed E-state index contributed by atoms with van der Waals surface area (Å²) in [6.45, 7) is -0.294. The van der Waals surface area contributed by atoms with Crippen LogP contribution in [0, 0.1) is 0 Å². The molecule has 0 aliphatic heterocycles. The molecule has 60 valence electrons. The first-order chi connectivity index (χ1) is 5.29. The Balaban J connectivity index is 2.19. The molecule has 0 aliphatic rings. The molecule has 1 aromatic heterocycles. The number of nitrogens with zero attached hydrogens (tertiary/aromatic N) is 2. The van der Waals surface area contributed by atoms with E-state index >= 15 is 0 Å². The Morgan fingerprint density at radius 1 is 1.82 bits per heavy atom. The lowest BCUT2D eigenvalue weighted by atomic mass is 10.6. The van der Waals surface area contributed by atoms with E-state index in [-0.39, 0.29) is 13.2 Å². The van der Waals surface area contributed by atoms with Crippen LogP contribution >= 0.6 is 0 Å². The van der Waals surface area contributed by atoms with Gasteiger partial charge in [0.15, 0.2) is 5.82 Å². The lowest BCUT2D eigenvalue weighted by Gasteiger charge is -1.93. The molecule has 0 atom stereocenters. The van der Waals surface area contributed by atoms with E-state index < -0.39 is 5.97 Å². The Hall–Kier alpha value is -1.43. The van der Waals surface area contributed by atoms with Crippen molar-refractivity contribution in [2.45, 2.75) is 6.61 Å². The first kappa shape index (κ1) is 7.67. The molecule has 0 aromatic carbocycles. The third kappa shape index (κ3) is 2.76. The van der Waals surface area contributed by atoms with Crippen LogP contribution in [-0.4, -0.2) is 27.8 Å². The predicted molar refractivity (Wildman–Crippen MR) is 31.6 cm³/mol. The number of carboxylic acids is 1. The summed E-state index contributed by atoms with van der Waals surface area (Å²) in [5.41, 5.74) is 0. The summed E-state index contributed by atoms with van der Waals surface area (Å²) in [5.74, 6) is -0.681. The molecule has 1 rings (SSSR count). The third-order valence-electron chi connectivity index (χ3n) is 0.864. The van der Waals surface area contributed by atoms with Crippen molar-refractivity contribution < 1.29 is 19.2 Å². The van der Waals surface area contributed by atoms with Gasteiger partial charge in [0.05, 0.1) is 0 Å². The van der Waals surface area contributed by atoms with E-state index in [1.54, 1.807) is 0 Å². The van der Waals surface area contributed by atoms with E-state index in [1.165, 1.54) is 0 Å². The van der Waals surface area contributed by atoms with E-state index in [1.807, 2.05) is 0 Å². The fraction of sp³-hybridized carbons (Fsp3) is 0.400. The average molecular weight is 158 g/mol. The Labute approximate surface area is 61.8 Å². The van der Waals surface area contributed by atoms with E-state index in [2.05, 4.69) is 19.4 Å². The van der Waals surface area contributed by atoms with Crippen molar-refractivity contribution in [2.24, 2.45) is 0 Å². The van der Waals surface area contributed by atoms with Crippen molar-refractivity contribution in [1.29, 1.82) is 0 Å². The molecule has 6 nitrogen and oxygen atoms in total. The summed E-state index contributed by atoms with van der Waals surface area (Å²) in [4.78, 5) is 13.6. The van der Waals surface area contributed by atoms with Crippen molar-refractivity contribution in [2.75, 3.05) is 6.61 Å². The molecule has 0 aliphatic carbocycles. The van der Waals surface area contributed by atoms with E-state index in [0.717, 1.165) is 6.39 Å². The van der Waals surface area contributed by atoms with Gasteiger partial charge >= 0.3 is 5.97 Å². The van der Waals surface area contributed by atoms with Crippen LogP contribution in [0.2, 0.25) is 0 Å². The van der Waals surface area contributed by atoms with Crippen LogP contribution in [-0.2, 0) is 16.1 Å². The SMILES string of the molecule is O=C(O)COCc1ncon1. The quantitative estimate of drug-likeness (QED) is 0.645. The van der Waals surface area contributed by atoms with Gasteiger partial charge in [0.2, 0.25) is 6.39 Å². The monoisotopic (exact) mass is 158 g/mol. The number of aromatic nitrogens is 2. The van der Waals surface area contributed by atoms with E-state index in [4.69, 9.17) is 5.11 Å². The largest absolute Gasteiger partial charge is 0.480 e. The minimum absolute atomic E-state index is 0.0583. The molecule has 0 saturated carbocycles. The second kappa shape index (κ2) is 3.67. The van der Waals surface area contributed by atoms with Gasteiger partial charge < -0.3 is 14.4 Å². The molecule has 0 bridgehead atoms. The highest BCUT2D eigenvalue weighted by molar-refractivity contribution is 5.67. The van der Waals surface area contributed by atoms with Crippen LogP contribution in [0.4, 0.5) is 0 Å². The molecule has 0 spiro atoms. The molecule has 1 aromatic rings. The van der Waals surface area contributed by atoms with Crippen molar-refractivity contribution in [3.05, 3.63) is 12.2 Å². The molecule has 11 heavy (non-hydrogen) atoms. The van der Waals surface area contributed by atoms with E-state index in [0.29, 0.717) is 5.82 Å². The van der Waals surface area contributed by atoms with Crippen molar-refractivity contribution in [1.82, 2.24) is 10.1 Å². The van der Waals surface area contributed by atoms with Gasteiger partial charge in [-0.25, -0.2) is 4.79 Å². The number of ether oxygens (including phenoxy) is 1. The summed E-state index contributed by atoms with van der Waals surface area (Å²) in [7, 11) is 0. The standard InChI is InChI=1S/C5H6N2O4/c8-5(9)2-10-1-4-6-3-11-7-4/h3H,1-2H2,(H,8,9). The number of hydrogen-bond acceptors (Lipinski definition) is 5. The molecule has 1 heterocycles. The van der Waals surface area contributed by atoms with Crippen LogP contribution in [0.3, 0.4) is 0 Å². The zero-order valence-corrected chi connectivity index (χ0v) is 5.56. The molecular formula is C5H6N2O4. The summed E-state index contributed by atoms with van der Waals surface area (Å²) >= 11 is 0. The smallest absolute Gasteiger partial charge is 0.329 e. The van der Waals surface area contributed by atoms with Gasteiger partial charge in [0.25, 0.3) is 0 Å². The lowest BCUT2D eigenvalue weighted by molar-refractivity contribution is -0.142. The Bertz CT molecular complexity index is 220. The Morgan fingerprint density at radius 2 is 2.64 bits per heavy atom. The maximum Gasteiger partial charge on any atom is 0.329 e. The molecule has 0 saturated heterocycles. The maximum absolute atomic E-state index is 9.94. The second-order valence-electron chi connectivity index (χ2n) is 1.73. The number of rotatable bonds is 4. The van der Waals surface area contributed by atoms with Crippen molar-refractivity contribution >= 4 is 5.97 Å². The highest BCUT2D eigenvalue weighted by atomic mass is 16.5. The Morgan fingerprint density at radius 3 is 3.18 bits per heavy atom. The Kier molecular flexibility index (Phi) is 2.56. The first-order valence-electron chi connectivity index (χ1n) is 2.84. The summed E-state index contributed by atoms with van der Waals surface area (Å²) in [6, 6.07) is 0. The van der Waals surface area contributed by atoms with Crippen molar-refractivity contribution in [3.63, 3.8) is 0 Å². The highest BCUT2D eigenvalue weighted by Gasteiger charge is 2.00. The highest BCUT2D eigenvalue weighted by Crippen LogP contribution is 1.90. The zero-order valence-electron chi connectivity index (χ0n) is 5.56. The van der Waals surface area contributed by atoms with Crippen LogP contribution in [0.1, 0.15) is 5.82 Å². The number of carboxylic acid groups (broad SMARTS) is 1. The number of hydrogen-bond donors (Lipinski definition) is 1. The lowest BCUT2D eigenvalue weighted by Crippen LogP contribution is -2.07. The zero-order chi connectivity index (χ0) is 8.10. The minimum Gasteiger partial charge on any atom is -0.480 e. The van der Waals surface area contributed by atoms with Gasteiger partial charge in [0.1, 0.15) is 13.2 Å². The fourth-order valence-corrected chi connectivity index (χ4v) is 0.486. The molecule has 0 amide bonds.